The zero-order valence-corrected chi connectivity index (χ0v) is 17.7. The number of carbonyl (C=O) groups is 1. The Morgan fingerprint density at radius 3 is 2.21 bits per heavy atom. The molecule has 0 saturated carbocycles. The first-order valence-corrected chi connectivity index (χ1v) is 10.2. The number of aryl methyl sites for hydroxylation is 2. The highest BCUT2D eigenvalue weighted by Gasteiger charge is 2.38. The van der Waals surface area contributed by atoms with Crippen LogP contribution in [-0.4, -0.2) is 54.9 Å². The van der Waals surface area contributed by atoms with Gasteiger partial charge < -0.3 is 15.2 Å². The molecule has 0 spiro atoms. The monoisotopic (exact) mass is 428 g/mol. The number of carbonyl (C=O) groups excluding carboxylic acids is 1. The van der Waals surface area contributed by atoms with E-state index in [0.717, 1.165) is 5.56 Å². The lowest BCUT2D eigenvalue weighted by Crippen LogP contribution is -2.57. The van der Waals surface area contributed by atoms with Gasteiger partial charge in [0.2, 0.25) is 15.9 Å². The number of amides is 1. The van der Waals surface area contributed by atoms with E-state index in [4.69, 9.17) is 10.3 Å². The molecule has 1 saturated heterocycles. The van der Waals surface area contributed by atoms with Crippen LogP contribution in [0.2, 0.25) is 0 Å². The second-order valence-corrected chi connectivity index (χ2v) is 8.79. The minimum absolute atomic E-state index is 0. The Bertz CT molecular complexity index is 916. The lowest BCUT2D eigenvalue weighted by Gasteiger charge is -2.38. The van der Waals surface area contributed by atoms with Crippen molar-refractivity contribution in [3.05, 3.63) is 47.3 Å². The van der Waals surface area contributed by atoms with Crippen molar-refractivity contribution in [2.45, 2.75) is 31.2 Å². The topological polar surface area (TPSA) is 110 Å². The summed E-state index contributed by atoms with van der Waals surface area (Å²) in [4.78, 5) is 14.6. The number of nitrogens with two attached hydrogens (primary N) is 1. The molecular formula is C18H25ClN4O4S. The van der Waals surface area contributed by atoms with Gasteiger partial charge in [-0.25, -0.2) is 8.42 Å². The van der Waals surface area contributed by atoms with Crippen LogP contribution in [0.25, 0.3) is 0 Å². The Morgan fingerprint density at radius 1 is 1.14 bits per heavy atom. The lowest BCUT2D eigenvalue weighted by molar-refractivity contribution is -0.138. The number of piperazine rings is 1. The molecule has 8 nitrogen and oxygen atoms in total. The molecule has 2 N–H and O–H groups in total. The van der Waals surface area contributed by atoms with E-state index in [0.29, 0.717) is 5.69 Å². The van der Waals surface area contributed by atoms with E-state index in [1.807, 2.05) is 30.3 Å². The standard InChI is InChI=1S/C18H24N4O4S.ClH/c1-13-16(14(2)26-20-13)27(24,25)22-11-9-21(10-12-22)17(23)18(3,19)15-7-5-4-6-8-15;/h4-8H,9-12,19H2,1-3H3;1H. The smallest absolute Gasteiger partial charge is 0.248 e. The third-order valence-electron chi connectivity index (χ3n) is 4.91. The molecule has 1 amide bonds. The summed E-state index contributed by atoms with van der Waals surface area (Å²) in [7, 11) is -3.71. The van der Waals surface area contributed by atoms with Crippen LogP contribution in [0.3, 0.4) is 0 Å². The minimum Gasteiger partial charge on any atom is -0.360 e. The van der Waals surface area contributed by atoms with Crippen molar-refractivity contribution in [3.63, 3.8) is 0 Å². The molecule has 1 aliphatic heterocycles. The van der Waals surface area contributed by atoms with E-state index in [-0.39, 0.29) is 55.1 Å². The summed E-state index contributed by atoms with van der Waals surface area (Å²) in [5, 5.41) is 3.72. The van der Waals surface area contributed by atoms with Crippen LogP contribution in [0, 0.1) is 13.8 Å². The quantitative estimate of drug-likeness (QED) is 0.788. The number of hydrogen-bond donors (Lipinski definition) is 1. The van der Waals surface area contributed by atoms with E-state index in [1.165, 1.54) is 4.31 Å². The Morgan fingerprint density at radius 2 is 1.71 bits per heavy atom. The summed E-state index contributed by atoms with van der Waals surface area (Å²) in [6.07, 6.45) is 0. The maximum atomic E-state index is 12.9. The molecule has 1 aromatic carbocycles. The van der Waals surface area contributed by atoms with Gasteiger partial charge in [0, 0.05) is 26.2 Å². The number of aromatic nitrogens is 1. The number of hydrogen-bond acceptors (Lipinski definition) is 6. The molecule has 28 heavy (non-hydrogen) atoms. The van der Waals surface area contributed by atoms with Gasteiger partial charge in [-0.1, -0.05) is 35.5 Å². The van der Waals surface area contributed by atoms with Crippen LogP contribution in [0.1, 0.15) is 23.9 Å². The molecule has 3 rings (SSSR count). The summed E-state index contributed by atoms with van der Waals surface area (Å²) in [5.74, 6) is 0.0488. The Hall–Kier alpha value is -1.94. The summed E-state index contributed by atoms with van der Waals surface area (Å²) >= 11 is 0. The van der Waals surface area contributed by atoms with E-state index < -0.39 is 15.6 Å². The minimum atomic E-state index is -3.71. The van der Waals surface area contributed by atoms with E-state index in [1.54, 1.807) is 25.7 Å². The molecule has 2 heterocycles. The van der Waals surface area contributed by atoms with Gasteiger partial charge in [-0.05, 0) is 26.3 Å². The number of halogens is 1. The molecule has 1 unspecified atom stereocenters. The summed E-state index contributed by atoms with van der Waals surface area (Å²) in [6.45, 7) is 5.81. The number of nitrogens with zero attached hydrogens (tertiary/aromatic N) is 3. The first-order valence-electron chi connectivity index (χ1n) is 8.72. The van der Waals surface area contributed by atoms with Crippen molar-refractivity contribution in [2.75, 3.05) is 26.2 Å². The largest absolute Gasteiger partial charge is 0.360 e. The molecular weight excluding hydrogens is 404 g/mol. The highest BCUT2D eigenvalue weighted by molar-refractivity contribution is 7.89. The first-order chi connectivity index (χ1) is 12.7. The second-order valence-electron chi connectivity index (χ2n) is 6.92. The van der Waals surface area contributed by atoms with Gasteiger partial charge in [-0.3, -0.25) is 4.79 Å². The van der Waals surface area contributed by atoms with Crippen LogP contribution < -0.4 is 5.73 Å². The second kappa shape index (κ2) is 8.20. The van der Waals surface area contributed by atoms with Gasteiger partial charge in [0.25, 0.3) is 0 Å². The van der Waals surface area contributed by atoms with Gasteiger partial charge in [0.05, 0.1) is 0 Å². The molecule has 154 valence electrons. The Labute approximate surface area is 171 Å². The summed E-state index contributed by atoms with van der Waals surface area (Å²) in [6, 6.07) is 9.16. The molecule has 1 fully saturated rings. The predicted octanol–water partition coefficient (Wildman–Crippen LogP) is 1.42. The van der Waals surface area contributed by atoms with Crippen molar-refractivity contribution >= 4 is 28.3 Å². The van der Waals surface area contributed by atoms with Crippen LogP contribution in [0.4, 0.5) is 0 Å². The van der Waals surface area contributed by atoms with E-state index in [9.17, 15) is 13.2 Å². The van der Waals surface area contributed by atoms with Crippen molar-refractivity contribution in [3.8, 4) is 0 Å². The normalized spacial score (nSPS) is 17.6. The molecule has 1 aliphatic rings. The molecule has 10 heteroatoms. The maximum absolute atomic E-state index is 12.9. The Kier molecular flexibility index (Phi) is 6.55. The van der Waals surface area contributed by atoms with Gasteiger partial charge in [-0.15, -0.1) is 12.4 Å². The fourth-order valence-electron chi connectivity index (χ4n) is 3.34. The molecule has 1 atom stereocenters. The van der Waals surface area contributed by atoms with E-state index >= 15 is 0 Å². The molecule has 1 aromatic heterocycles. The average Bonchev–Trinajstić information content (AvgIpc) is 3.01. The number of rotatable bonds is 4. The highest BCUT2D eigenvalue weighted by atomic mass is 35.5. The predicted molar refractivity (Wildman–Crippen MR) is 107 cm³/mol. The zero-order chi connectivity index (χ0) is 19.8. The SMILES string of the molecule is Cc1noc(C)c1S(=O)(=O)N1CCN(C(=O)C(C)(N)c2ccccc2)CC1.Cl. The summed E-state index contributed by atoms with van der Waals surface area (Å²) in [5.41, 5.74) is 6.20. The van der Waals surface area contributed by atoms with Gasteiger partial charge in [0.1, 0.15) is 16.1 Å². The zero-order valence-electron chi connectivity index (χ0n) is 16.1. The number of sulfonamides is 1. The fourth-order valence-corrected chi connectivity index (χ4v) is 5.05. The van der Waals surface area contributed by atoms with Crippen molar-refractivity contribution in [1.29, 1.82) is 0 Å². The van der Waals surface area contributed by atoms with Crippen LogP contribution in [-0.2, 0) is 20.4 Å². The van der Waals surface area contributed by atoms with Crippen LogP contribution in [0.15, 0.2) is 39.8 Å². The van der Waals surface area contributed by atoms with Gasteiger partial charge in [-0.2, -0.15) is 4.31 Å². The average molecular weight is 429 g/mol. The fraction of sp³-hybridized carbons (Fsp3) is 0.444. The molecule has 0 aliphatic carbocycles. The highest BCUT2D eigenvalue weighted by Crippen LogP contribution is 2.26. The lowest BCUT2D eigenvalue weighted by atomic mass is 9.91. The van der Waals surface area contributed by atoms with Crippen molar-refractivity contribution < 1.29 is 17.7 Å². The molecule has 2 aromatic rings. The molecule has 0 bridgehead atoms. The van der Waals surface area contributed by atoms with Gasteiger partial charge in [0.15, 0.2) is 5.76 Å². The first kappa shape index (κ1) is 22.4. The third-order valence-corrected chi connectivity index (χ3v) is 7.05. The van der Waals surface area contributed by atoms with Crippen LogP contribution >= 0.6 is 12.4 Å². The van der Waals surface area contributed by atoms with Gasteiger partial charge >= 0.3 is 0 Å². The summed E-state index contributed by atoms with van der Waals surface area (Å²) < 4.78 is 32.1. The maximum Gasteiger partial charge on any atom is 0.248 e. The van der Waals surface area contributed by atoms with Crippen molar-refractivity contribution in [1.82, 2.24) is 14.4 Å². The Balaban J connectivity index is 0.00000280. The number of benzene rings is 1. The molecule has 0 radical (unpaired) electrons. The third kappa shape index (κ3) is 3.93. The van der Waals surface area contributed by atoms with Crippen molar-refractivity contribution in [2.24, 2.45) is 5.73 Å². The van der Waals surface area contributed by atoms with E-state index in [2.05, 4.69) is 5.16 Å². The van der Waals surface area contributed by atoms with Crippen LogP contribution in [0.5, 0.6) is 0 Å².